The summed E-state index contributed by atoms with van der Waals surface area (Å²) in [6.07, 6.45) is 1.87. The molecule has 3 rings (SSSR count). The van der Waals surface area contributed by atoms with E-state index in [1.165, 1.54) is 0 Å². The molecule has 5 amide bonds. The van der Waals surface area contributed by atoms with E-state index in [0.29, 0.717) is 5.56 Å². The Bertz CT molecular complexity index is 719. The Morgan fingerprint density at radius 2 is 1.83 bits per heavy atom. The first-order valence-electron chi connectivity index (χ1n) is 7.22. The molecular formula is C15H14IN3O4. The van der Waals surface area contributed by atoms with Crippen molar-refractivity contribution < 1.29 is 19.2 Å². The number of rotatable bonds is 4. The Morgan fingerprint density at radius 3 is 2.52 bits per heavy atom. The van der Waals surface area contributed by atoms with Gasteiger partial charge in [-0.2, -0.15) is 5.01 Å². The molecule has 1 N–H and O–H groups in total. The number of fused-ring (bicyclic) bond motifs is 1. The fraction of sp³-hybridized carbons (Fsp3) is 0.333. The van der Waals surface area contributed by atoms with Crippen LogP contribution in [0.2, 0.25) is 0 Å². The van der Waals surface area contributed by atoms with Gasteiger partial charge in [0.25, 0.3) is 11.8 Å². The zero-order chi connectivity index (χ0) is 16.6. The second kappa shape index (κ2) is 6.26. The lowest BCUT2D eigenvalue weighted by atomic mass is 10.0. The number of amides is 5. The highest BCUT2D eigenvalue weighted by Gasteiger charge is 2.43. The maximum Gasteiger partial charge on any atom is 0.343 e. The lowest BCUT2D eigenvalue weighted by Gasteiger charge is -2.32. The number of imide groups is 2. The van der Waals surface area contributed by atoms with Gasteiger partial charge in [-0.05, 0) is 35.0 Å². The van der Waals surface area contributed by atoms with Crippen molar-refractivity contribution >= 4 is 46.3 Å². The van der Waals surface area contributed by atoms with Crippen LogP contribution >= 0.6 is 22.6 Å². The first-order chi connectivity index (χ1) is 11.0. The molecule has 8 heteroatoms. The molecule has 0 aromatic heterocycles. The Morgan fingerprint density at radius 1 is 1.09 bits per heavy atom. The fourth-order valence-corrected chi connectivity index (χ4v) is 3.05. The van der Waals surface area contributed by atoms with Crippen molar-refractivity contribution in [3.8, 4) is 0 Å². The van der Waals surface area contributed by atoms with Crippen molar-refractivity contribution in [2.75, 3.05) is 11.0 Å². The van der Waals surface area contributed by atoms with Gasteiger partial charge < -0.3 is 0 Å². The summed E-state index contributed by atoms with van der Waals surface area (Å²) in [5, 5.41) is 3.94. The number of hydrogen-bond acceptors (Lipinski definition) is 4. The maximum atomic E-state index is 12.6. The molecule has 2 aliphatic heterocycles. The normalized spacial score (nSPS) is 17.6. The van der Waals surface area contributed by atoms with Crippen LogP contribution in [0.5, 0.6) is 0 Å². The lowest BCUT2D eigenvalue weighted by molar-refractivity contribution is -0.122. The third-order valence-electron chi connectivity index (χ3n) is 3.80. The van der Waals surface area contributed by atoms with Crippen LogP contribution in [-0.2, 0) is 11.2 Å². The van der Waals surface area contributed by atoms with Crippen molar-refractivity contribution in [2.45, 2.75) is 19.3 Å². The monoisotopic (exact) mass is 427 g/mol. The number of benzene rings is 1. The summed E-state index contributed by atoms with van der Waals surface area (Å²) in [5.41, 5.74) is 1.59. The second-order valence-corrected chi connectivity index (χ2v) is 6.40. The number of halogens is 1. The van der Waals surface area contributed by atoms with Crippen molar-refractivity contribution in [3.05, 3.63) is 34.9 Å². The molecular weight excluding hydrogens is 413 g/mol. The Hall–Kier alpha value is -1.97. The summed E-state index contributed by atoms with van der Waals surface area (Å²) in [6.45, 7) is 0.0117. The van der Waals surface area contributed by atoms with Crippen LogP contribution < -0.4 is 5.32 Å². The van der Waals surface area contributed by atoms with Gasteiger partial charge in [0.05, 0.1) is 17.7 Å². The summed E-state index contributed by atoms with van der Waals surface area (Å²) in [7, 11) is 0. The van der Waals surface area contributed by atoms with E-state index in [1.54, 1.807) is 12.1 Å². The van der Waals surface area contributed by atoms with E-state index < -0.39 is 23.8 Å². The molecule has 0 spiro atoms. The van der Waals surface area contributed by atoms with Crippen LogP contribution in [0.3, 0.4) is 0 Å². The average Bonchev–Trinajstić information content (AvgIpc) is 2.77. The predicted octanol–water partition coefficient (Wildman–Crippen LogP) is 1.51. The number of carbonyl (C=O) groups is 4. The zero-order valence-corrected chi connectivity index (χ0v) is 14.3. The number of hydrogen-bond donors (Lipinski definition) is 1. The average molecular weight is 427 g/mol. The highest BCUT2D eigenvalue weighted by molar-refractivity contribution is 14.1. The van der Waals surface area contributed by atoms with E-state index >= 15 is 0 Å². The van der Waals surface area contributed by atoms with Crippen molar-refractivity contribution in [3.63, 3.8) is 0 Å². The minimum atomic E-state index is -0.749. The Kier molecular flexibility index (Phi) is 4.33. The number of alkyl halides is 1. The predicted molar refractivity (Wildman–Crippen MR) is 89.0 cm³/mol. The van der Waals surface area contributed by atoms with Gasteiger partial charge in [0.15, 0.2) is 0 Å². The minimum absolute atomic E-state index is 0.0117. The molecule has 0 unspecified atom stereocenters. The number of nitrogens with one attached hydrogen (secondary N) is 1. The van der Waals surface area contributed by atoms with Crippen molar-refractivity contribution in [1.29, 1.82) is 0 Å². The molecule has 1 aromatic carbocycles. The van der Waals surface area contributed by atoms with Crippen LogP contribution in [0.25, 0.3) is 0 Å². The zero-order valence-electron chi connectivity index (χ0n) is 12.2. The molecule has 23 heavy (non-hydrogen) atoms. The topological polar surface area (TPSA) is 86.8 Å². The number of carbonyl (C=O) groups excluding carboxylic acids is 4. The van der Waals surface area contributed by atoms with Gasteiger partial charge in [0.1, 0.15) is 0 Å². The van der Waals surface area contributed by atoms with Crippen molar-refractivity contribution in [1.82, 2.24) is 15.3 Å². The fourth-order valence-electron chi connectivity index (χ4n) is 2.67. The summed E-state index contributed by atoms with van der Waals surface area (Å²) < 4.78 is 1.01. The van der Waals surface area contributed by atoms with Gasteiger partial charge in [-0.1, -0.05) is 28.7 Å². The molecule has 0 radical (unpaired) electrons. The SMILES string of the molecule is O=C1CCN(N2C(=O)c3ccc(CCCI)cc3C2=O)C(=O)N1. The summed E-state index contributed by atoms with van der Waals surface area (Å²) in [4.78, 5) is 48.1. The molecule has 7 nitrogen and oxygen atoms in total. The standard InChI is InChI=1S/C15H14IN3O4/c16-6-1-2-9-3-4-10-11(8-9)14(22)19(13(10)21)18-7-5-12(20)17-15(18)23/h3-4,8H,1-2,5-7H2,(H,17,20,23). The minimum Gasteiger partial charge on any atom is -0.276 e. The second-order valence-electron chi connectivity index (χ2n) is 5.32. The smallest absolute Gasteiger partial charge is 0.276 e. The molecule has 0 saturated carbocycles. The van der Waals surface area contributed by atoms with Gasteiger partial charge in [0.2, 0.25) is 5.91 Å². The van der Waals surface area contributed by atoms with E-state index in [-0.39, 0.29) is 18.5 Å². The van der Waals surface area contributed by atoms with E-state index in [0.717, 1.165) is 32.9 Å². The first-order valence-corrected chi connectivity index (χ1v) is 8.74. The van der Waals surface area contributed by atoms with Crippen LogP contribution in [0, 0.1) is 0 Å². The molecule has 2 aliphatic rings. The van der Waals surface area contributed by atoms with E-state index in [4.69, 9.17) is 0 Å². The van der Waals surface area contributed by atoms with E-state index in [1.807, 2.05) is 6.07 Å². The molecule has 0 atom stereocenters. The van der Waals surface area contributed by atoms with Gasteiger partial charge >= 0.3 is 6.03 Å². The molecule has 1 aromatic rings. The number of urea groups is 1. The van der Waals surface area contributed by atoms with E-state index in [9.17, 15) is 19.2 Å². The van der Waals surface area contributed by atoms with Crippen LogP contribution in [0.4, 0.5) is 4.79 Å². The molecule has 1 fully saturated rings. The van der Waals surface area contributed by atoms with Crippen LogP contribution in [-0.4, -0.2) is 44.7 Å². The van der Waals surface area contributed by atoms with E-state index in [2.05, 4.69) is 27.9 Å². The summed E-state index contributed by atoms with van der Waals surface area (Å²) in [6, 6.07) is 4.43. The van der Waals surface area contributed by atoms with Gasteiger partial charge in [0, 0.05) is 6.42 Å². The van der Waals surface area contributed by atoms with Crippen LogP contribution in [0.1, 0.15) is 39.1 Å². The molecule has 120 valence electrons. The summed E-state index contributed by atoms with van der Waals surface area (Å²) in [5.74, 6) is -1.47. The van der Waals surface area contributed by atoms with Gasteiger partial charge in [-0.25, -0.2) is 9.80 Å². The summed E-state index contributed by atoms with van der Waals surface area (Å²) >= 11 is 2.29. The Labute approximate surface area is 146 Å². The van der Waals surface area contributed by atoms with Crippen molar-refractivity contribution in [2.24, 2.45) is 0 Å². The number of hydrazine groups is 1. The third-order valence-corrected chi connectivity index (χ3v) is 4.56. The molecule has 1 saturated heterocycles. The Balaban J connectivity index is 1.88. The molecule has 0 bridgehead atoms. The molecule has 0 aliphatic carbocycles. The van der Waals surface area contributed by atoms with Crippen LogP contribution in [0.15, 0.2) is 18.2 Å². The third kappa shape index (κ3) is 2.82. The first kappa shape index (κ1) is 15.9. The highest BCUT2D eigenvalue weighted by atomic mass is 127. The highest BCUT2D eigenvalue weighted by Crippen LogP contribution is 2.26. The largest absolute Gasteiger partial charge is 0.343 e. The van der Waals surface area contributed by atoms with Gasteiger partial charge in [-0.3, -0.25) is 19.7 Å². The quantitative estimate of drug-likeness (QED) is 0.449. The number of aryl methyl sites for hydroxylation is 1. The maximum absolute atomic E-state index is 12.6. The van der Waals surface area contributed by atoms with Gasteiger partial charge in [-0.15, -0.1) is 0 Å². The molecule has 2 heterocycles. The number of nitrogens with zero attached hydrogens (tertiary/aromatic N) is 2. The lowest BCUT2D eigenvalue weighted by Crippen LogP contribution is -2.58.